The fourth-order valence-corrected chi connectivity index (χ4v) is 0.791. The fraction of sp³-hybridized carbons (Fsp3) is 0. The van der Waals surface area contributed by atoms with Crippen molar-refractivity contribution in [2.75, 3.05) is 0 Å². The zero-order chi connectivity index (χ0) is 6.69. The van der Waals surface area contributed by atoms with Crippen molar-refractivity contribution in [1.82, 2.24) is 0 Å². The Labute approximate surface area is 61.5 Å². The number of halogens is 1. The Morgan fingerprint density at radius 2 is 1.78 bits per heavy atom. The molecule has 0 atom stereocenters. The molecule has 0 aliphatic carbocycles. The van der Waals surface area contributed by atoms with Crippen LogP contribution in [-0.2, 0) is 0 Å². The molecule has 0 saturated heterocycles. The normalized spacial score (nSPS) is 9.00. The average molecular weight is 186 g/mol. The third kappa shape index (κ3) is 1.61. The van der Waals surface area contributed by atoms with E-state index >= 15 is 0 Å². The van der Waals surface area contributed by atoms with E-state index in [4.69, 9.17) is 5.53 Å². The Morgan fingerprint density at radius 3 is 2.22 bits per heavy atom. The molecule has 0 heterocycles. The zero-order valence-electron chi connectivity index (χ0n) is 4.71. The summed E-state index contributed by atoms with van der Waals surface area (Å²) in [5.41, 5.74) is 5.80. The highest BCUT2D eigenvalue weighted by Crippen LogP contribution is 2.14. The second kappa shape index (κ2) is 2.73. The Morgan fingerprint density at radius 1 is 1.22 bits per heavy atom. The summed E-state index contributed by atoms with van der Waals surface area (Å²) in [6.45, 7) is 0. The lowest BCUT2D eigenvalue weighted by Crippen LogP contribution is -2.21. The van der Waals surface area contributed by atoms with Gasteiger partial charge in [0.2, 0.25) is 0 Å². The van der Waals surface area contributed by atoms with Crippen LogP contribution in [0, 0.1) is 0 Å². The van der Waals surface area contributed by atoms with Crippen LogP contribution in [0.1, 0.15) is 0 Å². The van der Waals surface area contributed by atoms with Gasteiger partial charge in [-0.3, -0.25) is 0 Å². The molecule has 0 aliphatic heterocycles. The summed E-state index contributed by atoms with van der Waals surface area (Å²) in [6, 6.07) is 7.46. The Bertz CT molecular complexity index is 205. The van der Waals surface area contributed by atoms with Crippen molar-refractivity contribution in [1.29, 1.82) is 0 Å². The van der Waals surface area contributed by atoms with Crippen LogP contribution in [0.5, 0.6) is 0 Å². The van der Waals surface area contributed by atoms with E-state index in [-0.39, 0.29) is 0 Å². The molecule has 0 radical (unpaired) electrons. The van der Waals surface area contributed by atoms with Gasteiger partial charge >= 0.3 is 0 Å². The van der Waals surface area contributed by atoms with Crippen LogP contribution in [0.3, 0.4) is 0 Å². The maximum Gasteiger partial charge on any atom is 0.130 e. The van der Waals surface area contributed by atoms with Gasteiger partial charge in [-0.15, -0.1) is 0 Å². The second-order valence-corrected chi connectivity index (χ2v) is 2.52. The molecule has 1 rings (SSSR count). The van der Waals surface area contributed by atoms with Gasteiger partial charge in [-0.05, 0) is 29.4 Å². The minimum atomic E-state index is 0.790. The van der Waals surface area contributed by atoms with Crippen molar-refractivity contribution in [3.05, 3.63) is 28.7 Å². The molecule has 0 fully saturated rings. The first kappa shape index (κ1) is 6.42. The molecule has 0 unspecified atom stereocenters. The molecule has 2 N–H and O–H groups in total. The van der Waals surface area contributed by atoms with E-state index in [0.29, 0.717) is 0 Å². The summed E-state index contributed by atoms with van der Waals surface area (Å²) in [4.78, 5) is 0. The smallest absolute Gasteiger partial charge is 0.130 e. The van der Waals surface area contributed by atoms with Crippen molar-refractivity contribution in [3.8, 4) is 0 Å². The predicted octanol–water partition coefficient (Wildman–Crippen LogP) is 1.29. The van der Waals surface area contributed by atoms with E-state index in [0.717, 1.165) is 10.2 Å². The largest absolute Gasteiger partial charge is 0.152 e. The van der Waals surface area contributed by atoms with Crippen molar-refractivity contribution >= 4 is 21.6 Å². The quantitative estimate of drug-likeness (QED) is 0.642. The molecule has 1 aromatic rings. The number of rotatable bonds is 1. The van der Waals surface area contributed by atoms with Gasteiger partial charge in [-0.2, -0.15) is 5.53 Å². The highest BCUT2D eigenvalue weighted by molar-refractivity contribution is 9.10. The van der Waals surface area contributed by atoms with Crippen molar-refractivity contribution in [2.24, 2.45) is 5.11 Å². The lowest BCUT2D eigenvalue weighted by Gasteiger charge is -1.85. The standard InChI is InChI=1S/C6H5BrN2/c7-5-1-3-6(9-8)4-2-5/h1-4,8H/p+1. The van der Waals surface area contributed by atoms with Crippen LogP contribution in [0.4, 0.5) is 5.69 Å². The third-order valence-corrected chi connectivity index (χ3v) is 1.50. The van der Waals surface area contributed by atoms with Crippen LogP contribution >= 0.6 is 15.9 Å². The molecule has 2 nitrogen and oxygen atoms in total. The summed E-state index contributed by atoms with van der Waals surface area (Å²) < 4.78 is 1.04. The summed E-state index contributed by atoms with van der Waals surface area (Å²) in [6.07, 6.45) is 0. The van der Waals surface area contributed by atoms with Crippen molar-refractivity contribution in [2.45, 2.75) is 0 Å². The fourth-order valence-electron chi connectivity index (χ4n) is 0.527. The minimum Gasteiger partial charge on any atom is -0.152 e. The van der Waals surface area contributed by atoms with Gasteiger partial charge in [-0.1, -0.05) is 15.9 Å². The molecule has 9 heavy (non-hydrogen) atoms. The van der Waals surface area contributed by atoms with Crippen LogP contribution in [0.15, 0.2) is 33.9 Å². The van der Waals surface area contributed by atoms with Gasteiger partial charge in [0.15, 0.2) is 0 Å². The number of nitrogens with zero attached hydrogens (tertiary/aromatic N) is 1. The highest BCUT2D eigenvalue weighted by Gasteiger charge is 1.88. The van der Waals surface area contributed by atoms with E-state index in [1.165, 1.54) is 0 Å². The summed E-state index contributed by atoms with van der Waals surface area (Å²) in [7, 11) is 0. The first-order valence-corrected chi connectivity index (χ1v) is 3.29. The van der Waals surface area contributed by atoms with Crippen LogP contribution in [0.2, 0.25) is 0 Å². The molecule has 0 aromatic heterocycles. The maximum atomic E-state index is 5.01. The average Bonchev–Trinajstić information content (AvgIpc) is 1.90. The number of hydrogen-bond donors (Lipinski definition) is 1. The van der Waals surface area contributed by atoms with Gasteiger partial charge in [0.05, 0.1) is 0 Å². The molecule has 0 saturated carbocycles. The maximum absolute atomic E-state index is 5.01. The molecule has 3 heteroatoms. The van der Waals surface area contributed by atoms with E-state index < -0.39 is 0 Å². The van der Waals surface area contributed by atoms with E-state index in [2.05, 4.69) is 21.0 Å². The topological polar surface area (TPSA) is 38.0 Å². The summed E-state index contributed by atoms with van der Waals surface area (Å²) in [5, 5.41) is 3.49. The van der Waals surface area contributed by atoms with E-state index in [9.17, 15) is 0 Å². The molecule has 0 amide bonds. The minimum absolute atomic E-state index is 0.790. The van der Waals surface area contributed by atoms with Crippen LogP contribution in [-0.4, -0.2) is 0 Å². The lowest BCUT2D eigenvalue weighted by molar-refractivity contribution is -0.210. The van der Waals surface area contributed by atoms with Crippen LogP contribution < -0.4 is 5.53 Å². The molecule has 0 spiro atoms. The Hall–Kier alpha value is -0.700. The lowest BCUT2D eigenvalue weighted by atomic mass is 10.3. The SMILES string of the molecule is [NH2+]=Nc1ccc(Br)cc1. The van der Waals surface area contributed by atoms with Crippen LogP contribution in [0.25, 0.3) is 0 Å². The first-order chi connectivity index (χ1) is 4.33. The zero-order valence-corrected chi connectivity index (χ0v) is 6.30. The Balaban J connectivity index is 3.01. The molecule has 46 valence electrons. The van der Waals surface area contributed by atoms with Crippen molar-refractivity contribution < 1.29 is 5.53 Å². The number of nitrogens with two attached hydrogens (primary N) is 1. The number of hydrogen-bond acceptors (Lipinski definition) is 1. The molecular weight excluding hydrogens is 180 g/mol. The first-order valence-electron chi connectivity index (χ1n) is 2.49. The van der Waals surface area contributed by atoms with E-state index in [1.54, 1.807) is 0 Å². The second-order valence-electron chi connectivity index (χ2n) is 1.61. The van der Waals surface area contributed by atoms with E-state index in [1.807, 2.05) is 24.3 Å². The van der Waals surface area contributed by atoms with Gasteiger partial charge in [0, 0.05) is 4.47 Å². The molecule has 1 aromatic carbocycles. The molecule has 0 bridgehead atoms. The highest BCUT2D eigenvalue weighted by atomic mass is 79.9. The van der Waals surface area contributed by atoms with Gasteiger partial charge in [0.25, 0.3) is 0 Å². The predicted molar refractivity (Wildman–Crippen MR) is 38.2 cm³/mol. The van der Waals surface area contributed by atoms with Gasteiger partial charge < -0.3 is 0 Å². The third-order valence-electron chi connectivity index (χ3n) is 0.976. The van der Waals surface area contributed by atoms with Gasteiger partial charge in [0.1, 0.15) is 5.69 Å². The summed E-state index contributed by atoms with van der Waals surface area (Å²) >= 11 is 3.29. The molecule has 0 aliphatic rings. The Kier molecular flexibility index (Phi) is 1.95. The monoisotopic (exact) mass is 185 g/mol. The van der Waals surface area contributed by atoms with Gasteiger partial charge in [-0.25, -0.2) is 0 Å². The number of benzene rings is 1. The summed E-state index contributed by atoms with van der Waals surface area (Å²) in [5.74, 6) is 0. The molecular formula is C6H6BrN2+. The van der Waals surface area contributed by atoms with Crippen molar-refractivity contribution in [3.63, 3.8) is 0 Å².